The molecule has 0 rings (SSSR count). The first kappa shape index (κ1) is 67.8. The predicted molar refractivity (Wildman–Crippen MR) is 273 cm³/mol. The Hall–Kier alpha value is 0.539. The molecular weight excluding hydrogens is 935 g/mol. The van der Waals surface area contributed by atoms with E-state index in [0.717, 1.165) is 25.7 Å². The minimum atomic E-state index is -4.50. The number of rotatable bonds is 50. The Kier molecular flexibility index (Phi) is 63.1. The normalized spacial score (nSPS) is 11.5. The molecule has 0 unspecified atom stereocenters. The van der Waals surface area contributed by atoms with Crippen molar-refractivity contribution in [2.24, 2.45) is 0 Å². The average Bonchev–Trinajstić information content (AvgIpc) is 3.24. The van der Waals surface area contributed by atoms with Gasteiger partial charge in [-0.15, -0.1) is 0 Å². The van der Waals surface area contributed by atoms with Gasteiger partial charge in [0, 0.05) is 0 Å². The molecule has 63 heavy (non-hydrogen) atoms. The summed E-state index contributed by atoms with van der Waals surface area (Å²) in [6.45, 7) is 9.20. The predicted octanol–water partition coefficient (Wildman–Crippen LogP) is 17.7. The number of unbranched alkanes of at least 4 members (excludes halogenated alkanes) is 40. The van der Waals surface area contributed by atoms with Gasteiger partial charge in [-0.1, -0.05) is 258 Å². The Bertz CT molecular complexity index is 949. The van der Waals surface area contributed by atoms with Gasteiger partial charge in [0.2, 0.25) is 20.8 Å². The molecule has 0 aliphatic rings. The molecule has 0 N–H and O–H groups in total. The van der Waals surface area contributed by atoms with Crippen molar-refractivity contribution in [2.75, 3.05) is 13.2 Å². The van der Waals surface area contributed by atoms with E-state index in [2.05, 4.69) is 36.1 Å². The van der Waals surface area contributed by atoms with Crippen molar-refractivity contribution in [3.05, 3.63) is 0 Å². The van der Waals surface area contributed by atoms with Crippen LogP contribution in [0.25, 0.3) is 0 Å². The van der Waals surface area contributed by atoms with E-state index in [0.29, 0.717) is 12.8 Å². The van der Waals surface area contributed by atoms with Crippen LogP contribution in [0.5, 0.6) is 0 Å². The van der Waals surface area contributed by atoms with Crippen molar-refractivity contribution in [1.29, 1.82) is 0 Å². The second kappa shape index (κ2) is 58.7. The molecule has 0 saturated heterocycles. The molecule has 0 aromatic heterocycles. The molecule has 380 valence electrons. The van der Waals surface area contributed by atoms with Gasteiger partial charge >= 0.3 is 69.5 Å². The van der Waals surface area contributed by atoms with Gasteiger partial charge in [-0.05, 0) is 12.8 Å². The molecule has 0 amide bonds. The van der Waals surface area contributed by atoms with Crippen LogP contribution in [0.15, 0.2) is 0 Å². The summed E-state index contributed by atoms with van der Waals surface area (Å²) in [6, 6.07) is 0. The van der Waals surface area contributed by atoms with Crippen LogP contribution >= 0.6 is 0 Å². The summed E-state index contributed by atoms with van der Waals surface area (Å²) in [5.41, 5.74) is 0. The maximum atomic E-state index is 10.3. The van der Waals surface area contributed by atoms with Crippen LogP contribution in [0, 0.1) is 0 Å². The van der Waals surface area contributed by atoms with Gasteiger partial charge in [0.1, 0.15) is 0 Å². The summed E-state index contributed by atoms with van der Waals surface area (Å²) in [6.07, 6.45) is 58.2. The zero-order valence-electron chi connectivity index (χ0n) is 42.5. The third-order valence-electron chi connectivity index (χ3n) is 11.9. The van der Waals surface area contributed by atoms with Gasteiger partial charge in [-0.2, -0.15) is 0 Å². The molecule has 0 radical (unpaired) electrons. The summed E-state index contributed by atoms with van der Waals surface area (Å²) >= 11 is 0.149. The van der Waals surface area contributed by atoms with Gasteiger partial charge in [0.25, 0.3) is 0 Å². The van der Waals surface area contributed by atoms with Crippen molar-refractivity contribution < 1.29 is 34.3 Å². The SMILES string of the molecule is CCCCCCCCCCCCCCCCCCCCCCOS(=O)(=O)[O-].CCCCCCCCCCCCCCCCCCCCCCOS(=O)(=O)[O-].CCC[CH2][Sn+2][CH2]CCC. The van der Waals surface area contributed by atoms with E-state index in [1.165, 1.54) is 244 Å². The zero-order valence-corrected chi connectivity index (χ0v) is 47.0. The number of hydrogen-bond acceptors (Lipinski definition) is 8. The van der Waals surface area contributed by atoms with Crippen LogP contribution in [0.4, 0.5) is 0 Å². The van der Waals surface area contributed by atoms with Crippen molar-refractivity contribution in [2.45, 2.75) is 319 Å². The van der Waals surface area contributed by atoms with Gasteiger partial charge in [0.05, 0.1) is 13.2 Å². The topological polar surface area (TPSA) is 133 Å². The van der Waals surface area contributed by atoms with Crippen LogP contribution < -0.4 is 0 Å². The van der Waals surface area contributed by atoms with Gasteiger partial charge in [-0.25, -0.2) is 16.8 Å². The first-order valence-electron chi connectivity index (χ1n) is 27.4. The standard InChI is InChI=1S/2C22H46O4S.2C4H9.Sn/c2*1-2-3-4-5-6-7-8-9-10-11-12-13-14-15-16-17-18-19-20-21-22-26-27(23,24)25;2*1-3-4-2;/h2*2-22H2,1H3,(H,23,24,25);2*1,3-4H2,2H3;/q;;;;+2/p-2. The average molecular weight is 1040 g/mol. The Morgan fingerprint density at radius 3 is 0.587 bits per heavy atom. The molecule has 0 bridgehead atoms. The van der Waals surface area contributed by atoms with Crippen LogP contribution in [0.1, 0.15) is 310 Å². The molecule has 0 atom stereocenters. The van der Waals surface area contributed by atoms with Gasteiger partial charge in [0.15, 0.2) is 0 Å². The van der Waals surface area contributed by atoms with Crippen LogP contribution in [0.3, 0.4) is 0 Å². The summed E-state index contributed by atoms with van der Waals surface area (Å²) in [4.78, 5) is 0. The Balaban J connectivity index is -0.000000956. The fraction of sp³-hybridized carbons (Fsp3) is 1.00. The summed E-state index contributed by atoms with van der Waals surface area (Å²) in [7, 11) is -9.00. The molecular formula is C52H108O8S2Sn. The fourth-order valence-corrected chi connectivity index (χ4v) is 12.6. The second-order valence-electron chi connectivity index (χ2n) is 18.4. The Morgan fingerprint density at radius 1 is 0.270 bits per heavy atom. The molecule has 8 nitrogen and oxygen atoms in total. The fourth-order valence-electron chi connectivity index (χ4n) is 7.77. The molecule has 0 heterocycles. The molecule has 11 heteroatoms. The first-order valence-corrected chi connectivity index (χ1v) is 34.1. The summed E-state index contributed by atoms with van der Waals surface area (Å²) in [5.74, 6) is 0. The van der Waals surface area contributed by atoms with Crippen molar-refractivity contribution >= 4 is 41.9 Å². The van der Waals surface area contributed by atoms with E-state index >= 15 is 0 Å². The number of hydrogen-bond donors (Lipinski definition) is 0. The molecule has 0 aromatic rings. The van der Waals surface area contributed by atoms with Gasteiger partial charge < -0.3 is 9.11 Å². The second-order valence-corrected chi connectivity index (χ2v) is 24.7. The van der Waals surface area contributed by atoms with E-state index in [9.17, 15) is 25.9 Å². The summed E-state index contributed by atoms with van der Waals surface area (Å²) < 4.78 is 73.1. The van der Waals surface area contributed by atoms with E-state index in [1.54, 1.807) is 8.87 Å². The van der Waals surface area contributed by atoms with Crippen molar-refractivity contribution in [1.82, 2.24) is 0 Å². The van der Waals surface area contributed by atoms with Crippen molar-refractivity contribution in [3.8, 4) is 0 Å². The quantitative estimate of drug-likeness (QED) is 0.0255. The van der Waals surface area contributed by atoms with Gasteiger partial charge in [-0.3, -0.25) is 8.37 Å². The van der Waals surface area contributed by atoms with Crippen LogP contribution in [-0.4, -0.2) is 60.3 Å². The Labute approximate surface area is 406 Å². The van der Waals surface area contributed by atoms with Crippen LogP contribution in [-0.2, 0) is 29.2 Å². The molecule has 0 spiro atoms. The zero-order chi connectivity index (χ0) is 47.1. The van der Waals surface area contributed by atoms with Crippen LogP contribution in [0.2, 0.25) is 8.87 Å². The molecule has 0 saturated carbocycles. The Morgan fingerprint density at radius 2 is 0.429 bits per heavy atom. The minimum absolute atomic E-state index is 0.0325. The summed E-state index contributed by atoms with van der Waals surface area (Å²) in [5, 5.41) is 0. The first-order chi connectivity index (χ1) is 30.5. The molecule has 0 aliphatic carbocycles. The van der Waals surface area contributed by atoms with E-state index < -0.39 is 20.8 Å². The monoisotopic (exact) mass is 1040 g/mol. The van der Waals surface area contributed by atoms with E-state index in [-0.39, 0.29) is 34.4 Å². The molecule has 0 aliphatic heterocycles. The van der Waals surface area contributed by atoms with E-state index in [1.807, 2.05) is 0 Å². The third kappa shape index (κ3) is 77.1. The third-order valence-corrected chi connectivity index (χ3v) is 16.8. The van der Waals surface area contributed by atoms with Crippen molar-refractivity contribution in [3.63, 3.8) is 0 Å². The molecule has 0 aromatic carbocycles. The maximum absolute atomic E-state index is 10.3. The molecule has 0 fully saturated rings. The van der Waals surface area contributed by atoms with E-state index in [4.69, 9.17) is 0 Å².